The highest BCUT2D eigenvalue weighted by Gasteiger charge is 2.45. The maximum atomic E-state index is 13.2. The molecule has 5 rings (SSSR count). The van der Waals surface area contributed by atoms with Crippen LogP contribution in [0.2, 0.25) is 0 Å². The van der Waals surface area contributed by atoms with Gasteiger partial charge in [-0.25, -0.2) is 0 Å². The second-order valence-corrected chi connectivity index (χ2v) is 7.59. The highest BCUT2D eigenvalue weighted by atomic mass is 16.2. The van der Waals surface area contributed by atoms with Gasteiger partial charge >= 0.3 is 0 Å². The number of anilines is 1. The quantitative estimate of drug-likeness (QED) is 0.643. The summed E-state index contributed by atoms with van der Waals surface area (Å²) < 4.78 is 0. The molecular formula is C20H21N3O2. The van der Waals surface area contributed by atoms with Crippen molar-refractivity contribution in [2.75, 3.05) is 12.8 Å². The van der Waals surface area contributed by atoms with E-state index in [1.807, 2.05) is 18.2 Å². The third-order valence-electron chi connectivity index (χ3n) is 6.41. The number of hydrogen-bond donors (Lipinski definition) is 1. The van der Waals surface area contributed by atoms with E-state index in [2.05, 4.69) is 11.9 Å². The van der Waals surface area contributed by atoms with Crippen LogP contribution in [0.4, 0.5) is 5.69 Å². The monoisotopic (exact) mass is 335 g/mol. The molecule has 3 heterocycles. The molecule has 0 aliphatic carbocycles. The summed E-state index contributed by atoms with van der Waals surface area (Å²) in [5.74, 6) is -0.328. The second-order valence-electron chi connectivity index (χ2n) is 7.59. The number of carbonyl (C=O) groups is 2. The minimum atomic E-state index is -0.164. The predicted octanol–water partition coefficient (Wildman–Crippen LogP) is 2.64. The first-order chi connectivity index (χ1) is 12.1. The molecule has 2 amide bonds. The summed E-state index contributed by atoms with van der Waals surface area (Å²) in [7, 11) is 2.16. The molecule has 2 saturated heterocycles. The van der Waals surface area contributed by atoms with Crippen molar-refractivity contribution >= 4 is 28.3 Å². The van der Waals surface area contributed by atoms with Crippen molar-refractivity contribution in [3.8, 4) is 0 Å². The van der Waals surface area contributed by atoms with Gasteiger partial charge in [0.15, 0.2) is 0 Å². The van der Waals surface area contributed by atoms with E-state index in [0.29, 0.717) is 34.3 Å². The molecule has 2 N–H and O–H groups in total. The van der Waals surface area contributed by atoms with Crippen LogP contribution >= 0.6 is 0 Å². The molecule has 3 aliphatic heterocycles. The van der Waals surface area contributed by atoms with Crippen LogP contribution in [0.5, 0.6) is 0 Å². The lowest BCUT2D eigenvalue weighted by Gasteiger charge is -2.42. The minimum absolute atomic E-state index is 0.00495. The van der Waals surface area contributed by atoms with Crippen LogP contribution in [-0.2, 0) is 0 Å². The van der Waals surface area contributed by atoms with Crippen LogP contribution < -0.4 is 5.73 Å². The third-order valence-corrected chi connectivity index (χ3v) is 6.41. The fourth-order valence-corrected chi connectivity index (χ4v) is 5.06. The number of nitrogens with two attached hydrogens (primary N) is 1. The van der Waals surface area contributed by atoms with E-state index in [4.69, 9.17) is 5.73 Å². The van der Waals surface area contributed by atoms with Gasteiger partial charge in [-0.1, -0.05) is 12.1 Å². The largest absolute Gasteiger partial charge is 0.398 e. The number of amides is 2. The van der Waals surface area contributed by atoms with E-state index in [-0.39, 0.29) is 17.9 Å². The van der Waals surface area contributed by atoms with Gasteiger partial charge in [0.25, 0.3) is 11.8 Å². The van der Waals surface area contributed by atoms with Gasteiger partial charge in [0.05, 0.1) is 0 Å². The lowest BCUT2D eigenvalue weighted by molar-refractivity contribution is 0.0397. The van der Waals surface area contributed by atoms with Crippen LogP contribution in [0.25, 0.3) is 10.8 Å². The Kier molecular flexibility index (Phi) is 3.01. The highest BCUT2D eigenvalue weighted by molar-refractivity contribution is 6.26. The Morgan fingerprint density at radius 2 is 1.56 bits per heavy atom. The average molecular weight is 335 g/mol. The van der Waals surface area contributed by atoms with Gasteiger partial charge in [-0.2, -0.15) is 0 Å². The molecule has 5 heteroatoms. The number of rotatable bonds is 1. The lowest BCUT2D eigenvalue weighted by Crippen LogP contribution is -2.54. The lowest BCUT2D eigenvalue weighted by atomic mass is 9.89. The zero-order valence-electron chi connectivity index (χ0n) is 14.2. The molecule has 25 heavy (non-hydrogen) atoms. The van der Waals surface area contributed by atoms with E-state index >= 15 is 0 Å². The zero-order chi connectivity index (χ0) is 17.3. The van der Waals surface area contributed by atoms with Crippen molar-refractivity contribution in [1.29, 1.82) is 0 Å². The van der Waals surface area contributed by atoms with Crippen LogP contribution in [-0.4, -0.2) is 46.8 Å². The molecule has 2 aromatic carbocycles. The number of nitrogens with zero attached hydrogens (tertiary/aromatic N) is 2. The molecule has 128 valence electrons. The number of piperidine rings is 1. The zero-order valence-corrected chi connectivity index (χ0v) is 14.2. The van der Waals surface area contributed by atoms with E-state index in [1.165, 1.54) is 4.90 Å². The fraction of sp³-hybridized carbons (Fsp3) is 0.400. The second kappa shape index (κ2) is 5.05. The number of fused-ring (bicyclic) bond motifs is 2. The molecule has 2 aromatic rings. The van der Waals surface area contributed by atoms with Crippen molar-refractivity contribution in [1.82, 2.24) is 9.80 Å². The molecule has 0 radical (unpaired) electrons. The van der Waals surface area contributed by atoms with Crippen molar-refractivity contribution in [2.45, 2.75) is 43.8 Å². The molecule has 1 unspecified atom stereocenters. The first-order valence-corrected chi connectivity index (χ1v) is 8.97. The summed E-state index contributed by atoms with van der Waals surface area (Å²) in [5.41, 5.74) is 7.87. The van der Waals surface area contributed by atoms with Gasteiger partial charge in [-0.15, -0.1) is 0 Å². The van der Waals surface area contributed by atoms with Crippen LogP contribution in [0, 0.1) is 0 Å². The Morgan fingerprint density at radius 3 is 2.24 bits per heavy atom. The van der Waals surface area contributed by atoms with Gasteiger partial charge in [0.2, 0.25) is 0 Å². The van der Waals surface area contributed by atoms with Gasteiger partial charge < -0.3 is 10.6 Å². The first-order valence-electron chi connectivity index (χ1n) is 8.97. The van der Waals surface area contributed by atoms with Crippen LogP contribution in [0.1, 0.15) is 46.4 Å². The molecule has 3 aliphatic rings. The summed E-state index contributed by atoms with van der Waals surface area (Å²) in [6, 6.07) is 10.0. The van der Waals surface area contributed by atoms with E-state index in [9.17, 15) is 9.59 Å². The van der Waals surface area contributed by atoms with E-state index < -0.39 is 0 Å². The molecule has 0 saturated carbocycles. The number of imide groups is 1. The Hall–Kier alpha value is -2.40. The molecule has 0 aromatic heterocycles. The van der Waals surface area contributed by atoms with Gasteiger partial charge in [0.1, 0.15) is 0 Å². The number of nitrogen functional groups attached to an aromatic ring is 1. The predicted molar refractivity (Wildman–Crippen MR) is 96.5 cm³/mol. The molecule has 2 bridgehead atoms. The summed E-state index contributed by atoms with van der Waals surface area (Å²) in [6.45, 7) is 0. The molecule has 3 atom stereocenters. The molecule has 5 nitrogen and oxygen atoms in total. The maximum Gasteiger partial charge on any atom is 0.261 e. The maximum absolute atomic E-state index is 13.2. The van der Waals surface area contributed by atoms with Gasteiger partial charge in [-0.05, 0) is 50.9 Å². The smallest absolute Gasteiger partial charge is 0.261 e. The SMILES string of the molecule is CN1[C@@H]2CC[C@H]1CC(N1C(=O)c3cccc4c(N)ccc(c34)C1=O)C2. The molecular weight excluding hydrogens is 314 g/mol. The minimum Gasteiger partial charge on any atom is -0.398 e. The van der Waals surface area contributed by atoms with Crippen molar-refractivity contribution in [3.63, 3.8) is 0 Å². The van der Waals surface area contributed by atoms with Crippen molar-refractivity contribution in [3.05, 3.63) is 41.5 Å². The number of carbonyl (C=O) groups excluding carboxylic acids is 2. The Bertz CT molecular complexity index is 886. The first kappa shape index (κ1) is 14.9. The normalized spacial score (nSPS) is 28.8. The fourth-order valence-electron chi connectivity index (χ4n) is 5.06. The summed E-state index contributed by atoms with van der Waals surface area (Å²) >= 11 is 0. The van der Waals surface area contributed by atoms with E-state index in [1.54, 1.807) is 12.1 Å². The molecule has 2 fully saturated rings. The summed E-state index contributed by atoms with van der Waals surface area (Å²) in [5, 5.41) is 1.50. The Morgan fingerprint density at radius 1 is 0.920 bits per heavy atom. The summed E-state index contributed by atoms with van der Waals surface area (Å²) in [6.07, 6.45) is 4.09. The number of hydrogen-bond acceptors (Lipinski definition) is 4. The summed E-state index contributed by atoms with van der Waals surface area (Å²) in [4.78, 5) is 30.3. The van der Waals surface area contributed by atoms with Gasteiger partial charge in [-0.3, -0.25) is 14.5 Å². The van der Waals surface area contributed by atoms with Crippen molar-refractivity contribution < 1.29 is 9.59 Å². The Labute approximate surface area is 146 Å². The van der Waals surface area contributed by atoms with Gasteiger partial charge in [0, 0.05) is 45.7 Å². The Balaban J connectivity index is 1.62. The van der Waals surface area contributed by atoms with Crippen LogP contribution in [0.3, 0.4) is 0 Å². The standard InChI is InChI=1S/C20H21N3O2/c1-22-11-5-6-12(22)10-13(9-11)23-19(24)15-4-2-3-14-17(21)8-7-16(18(14)15)20(23)25/h2-4,7-8,11-13H,5-6,9-10,21H2,1H3/t11-,12+,13?. The topological polar surface area (TPSA) is 66.6 Å². The van der Waals surface area contributed by atoms with Crippen LogP contribution in [0.15, 0.2) is 30.3 Å². The molecule has 0 spiro atoms. The average Bonchev–Trinajstić information content (AvgIpc) is 2.82. The van der Waals surface area contributed by atoms with Crippen molar-refractivity contribution in [2.24, 2.45) is 0 Å². The van der Waals surface area contributed by atoms with E-state index in [0.717, 1.165) is 31.1 Å². The third kappa shape index (κ3) is 1.93. The highest BCUT2D eigenvalue weighted by Crippen LogP contribution is 2.40. The number of benzene rings is 2.